The molecule has 1 aromatic rings. The summed E-state index contributed by atoms with van der Waals surface area (Å²) in [7, 11) is 0. The lowest BCUT2D eigenvalue weighted by molar-refractivity contribution is -0.384. The molecule has 0 aliphatic heterocycles. The van der Waals surface area contributed by atoms with E-state index >= 15 is 0 Å². The Labute approximate surface area is 118 Å². The molecule has 0 spiro atoms. The van der Waals surface area contributed by atoms with Crippen LogP contribution in [0.3, 0.4) is 0 Å². The summed E-state index contributed by atoms with van der Waals surface area (Å²) in [5.74, 6) is -2.01. The van der Waals surface area contributed by atoms with Crippen LogP contribution < -0.4 is 5.32 Å². The van der Waals surface area contributed by atoms with E-state index in [2.05, 4.69) is 5.32 Å². The second-order valence-electron chi connectivity index (χ2n) is 3.82. The zero-order chi connectivity index (χ0) is 15.3. The fraction of sp³-hybridized carbons (Fsp3) is 0.273. The van der Waals surface area contributed by atoms with Gasteiger partial charge in [0.25, 0.3) is 11.6 Å². The molecular formula is C11H11ClN2O6. The van der Waals surface area contributed by atoms with Gasteiger partial charge in [-0.2, -0.15) is 0 Å². The minimum atomic E-state index is -1.57. The fourth-order valence-electron chi connectivity index (χ4n) is 1.34. The van der Waals surface area contributed by atoms with Crippen molar-refractivity contribution in [1.29, 1.82) is 0 Å². The topological polar surface area (TPSA) is 130 Å². The lowest BCUT2D eigenvalue weighted by atomic mass is 10.2. The van der Waals surface area contributed by atoms with Crippen LogP contribution in [0.2, 0.25) is 5.02 Å². The maximum absolute atomic E-state index is 11.7. The Hall–Kier alpha value is -2.19. The van der Waals surface area contributed by atoms with Crippen LogP contribution in [0.15, 0.2) is 18.2 Å². The number of nitro benzene ring substituents is 1. The largest absolute Gasteiger partial charge is 0.479 e. The Kier molecular flexibility index (Phi) is 5.42. The van der Waals surface area contributed by atoms with Crippen molar-refractivity contribution >= 4 is 29.2 Å². The highest BCUT2D eigenvalue weighted by Gasteiger charge is 2.17. The number of halogens is 1. The van der Waals surface area contributed by atoms with Crippen molar-refractivity contribution in [2.24, 2.45) is 0 Å². The number of benzene rings is 1. The summed E-state index contributed by atoms with van der Waals surface area (Å²) in [4.78, 5) is 32.0. The lowest BCUT2D eigenvalue weighted by Gasteiger charge is -2.07. The Morgan fingerprint density at radius 3 is 2.65 bits per heavy atom. The molecule has 108 valence electrons. The highest BCUT2D eigenvalue weighted by Crippen LogP contribution is 2.24. The van der Waals surface area contributed by atoms with E-state index in [1.807, 2.05) is 0 Å². The number of aliphatic hydroxyl groups is 1. The molecule has 1 amide bonds. The van der Waals surface area contributed by atoms with Crippen molar-refractivity contribution in [2.75, 3.05) is 6.54 Å². The third-order valence-electron chi connectivity index (χ3n) is 2.39. The zero-order valence-corrected chi connectivity index (χ0v) is 10.8. The van der Waals surface area contributed by atoms with Crippen LogP contribution in [0, 0.1) is 10.1 Å². The first kappa shape index (κ1) is 15.9. The van der Waals surface area contributed by atoms with Gasteiger partial charge in [0.05, 0.1) is 4.92 Å². The number of aliphatic carboxylic acids is 1. The van der Waals surface area contributed by atoms with Crippen LogP contribution in [0.5, 0.6) is 0 Å². The second kappa shape index (κ2) is 6.83. The van der Waals surface area contributed by atoms with Crippen molar-refractivity contribution in [1.82, 2.24) is 5.32 Å². The van der Waals surface area contributed by atoms with Gasteiger partial charge >= 0.3 is 5.97 Å². The minimum absolute atomic E-state index is 0.0194. The number of aliphatic hydroxyl groups excluding tert-OH is 1. The molecule has 0 aliphatic rings. The van der Waals surface area contributed by atoms with Gasteiger partial charge in [-0.15, -0.1) is 0 Å². The SMILES string of the molecule is O=C(NCCC(O)C(=O)O)c1ccc(Cl)c([N+](=O)[O-])c1. The van der Waals surface area contributed by atoms with E-state index in [0.29, 0.717) is 0 Å². The third-order valence-corrected chi connectivity index (χ3v) is 2.71. The number of hydrogen-bond donors (Lipinski definition) is 3. The molecule has 9 heteroatoms. The van der Waals surface area contributed by atoms with Crippen LogP contribution in [-0.2, 0) is 4.79 Å². The number of amides is 1. The Morgan fingerprint density at radius 1 is 1.45 bits per heavy atom. The standard InChI is InChI=1S/C11H11ClN2O6/c12-7-2-1-6(5-8(7)14(19)20)10(16)13-4-3-9(15)11(17)18/h1-2,5,9,15H,3-4H2,(H,13,16)(H,17,18). The molecule has 1 unspecified atom stereocenters. The molecule has 0 aliphatic carbocycles. The molecule has 0 radical (unpaired) electrons. The first-order valence-electron chi connectivity index (χ1n) is 5.46. The first-order valence-corrected chi connectivity index (χ1v) is 5.83. The van der Waals surface area contributed by atoms with Gasteiger partial charge in [-0.1, -0.05) is 11.6 Å². The highest BCUT2D eigenvalue weighted by molar-refractivity contribution is 6.32. The predicted octanol–water partition coefficient (Wildman–Crippen LogP) is 0.814. The summed E-state index contributed by atoms with van der Waals surface area (Å²) < 4.78 is 0. The Balaban J connectivity index is 2.67. The van der Waals surface area contributed by atoms with E-state index in [-0.39, 0.29) is 23.6 Å². The maximum atomic E-state index is 11.7. The molecule has 8 nitrogen and oxygen atoms in total. The van der Waals surface area contributed by atoms with E-state index < -0.39 is 28.6 Å². The number of hydrogen-bond acceptors (Lipinski definition) is 5. The highest BCUT2D eigenvalue weighted by atomic mass is 35.5. The maximum Gasteiger partial charge on any atom is 0.332 e. The van der Waals surface area contributed by atoms with Gasteiger partial charge in [0.15, 0.2) is 6.10 Å². The number of carbonyl (C=O) groups excluding carboxylic acids is 1. The van der Waals surface area contributed by atoms with Gasteiger partial charge in [-0.05, 0) is 12.1 Å². The van der Waals surface area contributed by atoms with Crippen molar-refractivity contribution in [3.05, 3.63) is 38.9 Å². The van der Waals surface area contributed by atoms with Gasteiger partial charge in [-0.25, -0.2) is 4.79 Å². The number of nitro groups is 1. The van der Waals surface area contributed by atoms with Crippen molar-refractivity contribution in [2.45, 2.75) is 12.5 Å². The molecule has 0 bridgehead atoms. The first-order chi connectivity index (χ1) is 9.32. The average molecular weight is 303 g/mol. The van der Waals surface area contributed by atoms with E-state index in [1.165, 1.54) is 12.1 Å². The summed E-state index contributed by atoms with van der Waals surface area (Å²) in [5, 5.41) is 30.4. The average Bonchev–Trinajstić information content (AvgIpc) is 2.38. The molecule has 0 saturated carbocycles. The summed E-state index contributed by atoms with van der Waals surface area (Å²) in [6, 6.07) is 3.55. The number of nitrogens with one attached hydrogen (secondary N) is 1. The van der Waals surface area contributed by atoms with Gasteiger partial charge in [0.2, 0.25) is 0 Å². The number of carbonyl (C=O) groups is 2. The molecule has 1 rings (SSSR count). The molecule has 1 aromatic carbocycles. The number of rotatable bonds is 6. The number of carboxylic acid groups (broad SMARTS) is 1. The fourth-order valence-corrected chi connectivity index (χ4v) is 1.53. The number of carboxylic acids is 1. The molecule has 3 N–H and O–H groups in total. The Morgan fingerprint density at radius 2 is 2.10 bits per heavy atom. The quantitative estimate of drug-likeness (QED) is 0.526. The van der Waals surface area contributed by atoms with Gasteiger partial charge < -0.3 is 15.5 Å². The minimum Gasteiger partial charge on any atom is -0.479 e. The molecular weight excluding hydrogens is 292 g/mol. The summed E-state index contributed by atoms with van der Waals surface area (Å²) >= 11 is 5.60. The van der Waals surface area contributed by atoms with Crippen LogP contribution in [0.25, 0.3) is 0 Å². The van der Waals surface area contributed by atoms with E-state index in [1.54, 1.807) is 0 Å². The van der Waals surface area contributed by atoms with Crippen molar-refractivity contribution in [3.63, 3.8) is 0 Å². The van der Waals surface area contributed by atoms with Crippen LogP contribution in [-0.4, -0.2) is 39.7 Å². The van der Waals surface area contributed by atoms with Gasteiger partial charge in [-0.3, -0.25) is 14.9 Å². The number of nitrogens with zero attached hydrogens (tertiary/aromatic N) is 1. The molecule has 1 atom stereocenters. The zero-order valence-electron chi connectivity index (χ0n) is 10.1. The molecule has 0 heterocycles. The van der Waals surface area contributed by atoms with E-state index in [4.69, 9.17) is 21.8 Å². The smallest absolute Gasteiger partial charge is 0.332 e. The van der Waals surface area contributed by atoms with Crippen LogP contribution in [0.4, 0.5) is 5.69 Å². The summed E-state index contributed by atoms with van der Waals surface area (Å²) in [6.07, 6.45) is -1.74. The van der Waals surface area contributed by atoms with E-state index in [0.717, 1.165) is 6.07 Å². The van der Waals surface area contributed by atoms with Crippen molar-refractivity contribution < 1.29 is 24.7 Å². The molecule has 0 saturated heterocycles. The van der Waals surface area contributed by atoms with Crippen molar-refractivity contribution in [3.8, 4) is 0 Å². The molecule has 0 fully saturated rings. The summed E-state index contributed by atoms with van der Waals surface area (Å²) in [5.41, 5.74) is -0.379. The van der Waals surface area contributed by atoms with Crippen LogP contribution in [0.1, 0.15) is 16.8 Å². The molecule has 20 heavy (non-hydrogen) atoms. The third kappa shape index (κ3) is 4.18. The van der Waals surface area contributed by atoms with Crippen LogP contribution >= 0.6 is 11.6 Å². The monoisotopic (exact) mass is 302 g/mol. The molecule has 0 aromatic heterocycles. The van der Waals surface area contributed by atoms with E-state index in [9.17, 15) is 19.7 Å². The van der Waals surface area contributed by atoms with Gasteiger partial charge in [0.1, 0.15) is 5.02 Å². The summed E-state index contributed by atoms with van der Waals surface area (Å²) in [6.45, 7) is -0.0806. The predicted molar refractivity (Wildman–Crippen MR) is 68.7 cm³/mol. The Bertz CT molecular complexity index is 548. The normalized spacial score (nSPS) is 11.7. The van der Waals surface area contributed by atoms with Gasteiger partial charge in [0, 0.05) is 24.6 Å². The lowest BCUT2D eigenvalue weighted by Crippen LogP contribution is -2.30. The second-order valence-corrected chi connectivity index (χ2v) is 4.23.